The average molecular weight is 670 g/mol. The van der Waals surface area contributed by atoms with Crippen LogP contribution in [0.15, 0.2) is 78.2 Å². The van der Waals surface area contributed by atoms with Crippen LogP contribution < -0.4 is 10.1 Å². The molecule has 0 radical (unpaired) electrons. The van der Waals surface area contributed by atoms with E-state index >= 15 is 0 Å². The number of nitrogens with zero attached hydrogens (tertiary/aromatic N) is 6. The Balaban J connectivity index is 1.44. The minimum atomic E-state index is -3.35. The molecule has 6 rings (SSSR count). The van der Waals surface area contributed by atoms with Crippen LogP contribution in [0.1, 0.15) is 78.2 Å². The van der Waals surface area contributed by atoms with Crippen LogP contribution in [0, 0.1) is 13.8 Å². The first-order valence-corrected chi connectivity index (χ1v) is 17.7. The van der Waals surface area contributed by atoms with Gasteiger partial charge in [0, 0.05) is 36.9 Å². The number of aromatic nitrogens is 5. The van der Waals surface area contributed by atoms with Gasteiger partial charge in [0.25, 0.3) is 5.91 Å². The Kier molecular flexibility index (Phi) is 9.27. The second kappa shape index (κ2) is 13.3. The second-order valence-corrected chi connectivity index (χ2v) is 14.9. The molecule has 3 heterocycles. The lowest BCUT2D eigenvalue weighted by molar-refractivity contribution is 0.0905. The molecule has 2 aromatic heterocycles. The Morgan fingerprint density at radius 1 is 1.08 bits per heavy atom. The standard InChI is InChI=1S/C36H43N7O4S/c1-7-28-21-42(48(45,46)32-12-10-9-11-31(32)47-28)20-26-17-25(14-13-23(26)3)33(36(5,6)39-35(44)27-18-37-22-38-19-27)29-15-16-30-34(24(29)4)40-41-43(30)8-2/h9-19,22,28,33,45-46H,7-8,20-21H2,1-6H3,(H,39,44)/t28?,33-/m0/s1. The summed E-state index contributed by atoms with van der Waals surface area (Å²) in [5.74, 6) is -0.0977. The predicted molar refractivity (Wildman–Crippen MR) is 187 cm³/mol. The lowest BCUT2D eigenvalue weighted by Gasteiger charge is -2.42. The number of nitrogens with one attached hydrogen (secondary N) is 1. The van der Waals surface area contributed by atoms with E-state index in [9.17, 15) is 13.9 Å². The lowest BCUT2D eigenvalue weighted by Crippen LogP contribution is -2.48. The van der Waals surface area contributed by atoms with Crippen molar-refractivity contribution in [1.82, 2.24) is 34.6 Å². The maximum Gasteiger partial charge on any atom is 0.254 e. The molecule has 0 saturated heterocycles. The van der Waals surface area contributed by atoms with Gasteiger partial charge in [-0.05, 0) is 87.1 Å². The van der Waals surface area contributed by atoms with E-state index in [0.717, 1.165) is 38.9 Å². The minimum Gasteiger partial charge on any atom is -0.487 e. The molecule has 1 unspecified atom stereocenters. The number of benzene rings is 3. The number of para-hydroxylation sites is 1. The zero-order valence-corrected chi connectivity index (χ0v) is 29.0. The van der Waals surface area contributed by atoms with Gasteiger partial charge < -0.3 is 10.1 Å². The fourth-order valence-electron chi connectivity index (χ4n) is 6.63. The van der Waals surface area contributed by atoms with Crippen LogP contribution in [0.2, 0.25) is 0 Å². The van der Waals surface area contributed by atoms with E-state index in [1.54, 1.807) is 22.5 Å². The van der Waals surface area contributed by atoms with Crippen molar-refractivity contribution in [2.24, 2.45) is 0 Å². The second-order valence-electron chi connectivity index (χ2n) is 12.9. The van der Waals surface area contributed by atoms with Crippen molar-refractivity contribution >= 4 is 27.7 Å². The number of ether oxygens (including phenoxy) is 1. The molecule has 0 fully saturated rings. The number of carbonyl (C=O) groups is 1. The van der Waals surface area contributed by atoms with Crippen molar-refractivity contribution in [3.63, 3.8) is 0 Å². The number of hydrogen-bond donors (Lipinski definition) is 3. The number of fused-ring (bicyclic) bond motifs is 2. The Hall–Kier alpha value is -4.36. The van der Waals surface area contributed by atoms with Crippen LogP contribution in [0.4, 0.5) is 0 Å². The van der Waals surface area contributed by atoms with Crippen LogP contribution in [0.25, 0.3) is 11.0 Å². The first-order chi connectivity index (χ1) is 22.9. The van der Waals surface area contributed by atoms with Crippen molar-refractivity contribution in [1.29, 1.82) is 0 Å². The molecule has 252 valence electrons. The fourth-order valence-corrected chi connectivity index (χ4v) is 8.25. The molecule has 0 spiro atoms. The number of amides is 1. The molecule has 3 N–H and O–H groups in total. The van der Waals surface area contributed by atoms with Gasteiger partial charge >= 0.3 is 0 Å². The first kappa shape index (κ1) is 33.5. The third kappa shape index (κ3) is 6.28. The summed E-state index contributed by atoms with van der Waals surface area (Å²) in [5.41, 5.74) is 6.23. The van der Waals surface area contributed by atoms with E-state index in [1.807, 2.05) is 58.4 Å². The highest BCUT2D eigenvalue weighted by molar-refractivity contribution is 8.22. The highest BCUT2D eigenvalue weighted by atomic mass is 32.3. The van der Waals surface area contributed by atoms with Gasteiger partial charge in [-0.25, -0.2) is 14.6 Å². The van der Waals surface area contributed by atoms with Crippen molar-refractivity contribution in [3.8, 4) is 5.75 Å². The van der Waals surface area contributed by atoms with Crippen molar-refractivity contribution in [2.75, 3.05) is 6.54 Å². The van der Waals surface area contributed by atoms with Gasteiger partial charge in [0.05, 0.1) is 17.6 Å². The number of hydrogen-bond acceptors (Lipinski definition) is 9. The third-order valence-electron chi connectivity index (χ3n) is 9.29. The molecular weight excluding hydrogens is 627 g/mol. The summed E-state index contributed by atoms with van der Waals surface area (Å²) in [6.07, 6.45) is 4.91. The maximum atomic E-state index is 13.5. The molecule has 3 aromatic carbocycles. The average Bonchev–Trinajstić information content (AvgIpc) is 3.46. The molecule has 0 bridgehead atoms. The summed E-state index contributed by atoms with van der Waals surface area (Å²) in [4.78, 5) is 22.0. The monoisotopic (exact) mass is 669 g/mol. The number of aryl methyl sites for hydroxylation is 3. The van der Waals surface area contributed by atoms with E-state index in [4.69, 9.17) is 4.74 Å². The molecule has 1 aliphatic heterocycles. The van der Waals surface area contributed by atoms with Gasteiger partial charge in [0.15, 0.2) is 0 Å². The highest BCUT2D eigenvalue weighted by Crippen LogP contribution is 2.57. The van der Waals surface area contributed by atoms with Crippen molar-refractivity contribution in [2.45, 2.75) is 83.5 Å². The molecule has 0 aliphatic carbocycles. The Morgan fingerprint density at radius 2 is 1.83 bits per heavy atom. The normalized spacial score (nSPS) is 17.6. The van der Waals surface area contributed by atoms with E-state index < -0.39 is 16.3 Å². The zero-order chi connectivity index (χ0) is 34.2. The molecule has 2 atom stereocenters. The van der Waals surface area contributed by atoms with Crippen LogP contribution in [0.5, 0.6) is 5.75 Å². The summed E-state index contributed by atoms with van der Waals surface area (Å²) in [6.45, 7) is 13.5. The third-order valence-corrected chi connectivity index (χ3v) is 11.2. The maximum absolute atomic E-state index is 13.5. The molecule has 11 nitrogen and oxygen atoms in total. The van der Waals surface area contributed by atoms with Gasteiger partial charge in [0.2, 0.25) is 0 Å². The van der Waals surface area contributed by atoms with Gasteiger partial charge in [-0.1, -0.05) is 48.5 Å². The summed E-state index contributed by atoms with van der Waals surface area (Å²) in [7, 11) is -3.35. The van der Waals surface area contributed by atoms with Crippen molar-refractivity contribution in [3.05, 3.63) is 107 Å². The Bertz CT molecular complexity index is 1950. The predicted octanol–water partition coefficient (Wildman–Crippen LogP) is 6.90. The molecule has 12 heteroatoms. The summed E-state index contributed by atoms with van der Waals surface area (Å²) in [6, 6.07) is 17.6. The Morgan fingerprint density at radius 3 is 2.56 bits per heavy atom. The van der Waals surface area contributed by atoms with E-state index in [0.29, 0.717) is 42.3 Å². The van der Waals surface area contributed by atoms with Gasteiger partial charge in [-0.2, -0.15) is 4.31 Å². The number of carbonyl (C=O) groups excluding carboxylic acids is 1. The SMILES string of the molecule is CCC1CN(Cc2cc([C@@H](c3ccc4c(nnn4CC)c3C)C(C)(C)NC(=O)c3cncnc3)ccc2C)S(O)(O)c2ccccc2O1. The first-order valence-electron chi connectivity index (χ1n) is 16.2. The van der Waals surface area contributed by atoms with Crippen LogP contribution in [-0.2, 0) is 13.1 Å². The van der Waals surface area contributed by atoms with Crippen LogP contribution in [0.3, 0.4) is 0 Å². The molecule has 0 saturated carbocycles. The zero-order valence-electron chi connectivity index (χ0n) is 28.2. The fraction of sp³-hybridized carbons (Fsp3) is 0.361. The summed E-state index contributed by atoms with van der Waals surface area (Å²) in [5, 5.41) is 12.1. The Labute approximate surface area is 282 Å². The molecule has 5 aromatic rings. The topological polar surface area (TPSA) is 139 Å². The minimum absolute atomic E-state index is 0.210. The van der Waals surface area contributed by atoms with Crippen LogP contribution >= 0.6 is 10.8 Å². The van der Waals surface area contributed by atoms with Gasteiger partial charge in [0.1, 0.15) is 28.6 Å². The molecule has 1 amide bonds. The van der Waals surface area contributed by atoms with E-state index in [1.165, 1.54) is 18.7 Å². The molecule has 1 aliphatic rings. The summed E-state index contributed by atoms with van der Waals surface area (Å²) >= 11 is 0. The number of rotatable bonds is 9. The smallest absolute Gasteiger partial charge is 0.254 e. The van der Waals surface area contributed by atoms with Gasteiger partial charge in [-0.15, -0.1) is 15.9 Å². The van der Waals surface area contributed by atoms with Crippen LogP contribution in [-0.4, -0.2) is 62.5 Å². The quantitative estimate of drug-likeness (QED) is 0.153. The van der Waals surface area contributed by atoms with E-state index in [-0.39, 0.29) is 17.9 Å². The lowest BCUT2D eigenvalue weighted by atomic mass is 9.74. The van der Waals surface area contributed by atoms with E-state index in [2.05, 4.69) is 49.9 Å². The van der Waals surface area contributed by atoms with Gasteiger partial charge in [-0.3, -0.25) is 13.9 Å². The largest absolute Gasteiger partial charge is 0.487 e. The highest BCUT2D eigenvalue weighted by Gasteiger charge is 2.38. The summed E-state index contributed by atoms with van der Waals surface area (Å²) < 4.78 is 33.2. The molecule has 48 heavy (non-hydrogen) atoms. The van der Waals surface area contributed by atoms with Crippen molar-refractivity contribution < 1.29 is 18.6 Å². The molecular formula is C36H43N7O4S.